The summed E-state index contributed by atoms with van der Waals surface area (Å²) < 4.78 is 16.7. The van der Waals surface area contributed by atoms with E-state index < -0.39 is 59.9 Å². The maximum Gasteiger partial charge on any atom is 0.407 e. The molecular formula is C30H36N2O8. The Morgan fingerprint density at radius 1 is 1.02 bits per heavy atom. The van der Waals surface area contributed by atoms with E-state index in [0.717, 1.165) is 27.2 Å². The lowest BCUT2D eigenvalue weighted by molar-refractivity contribution is -0.162. The number of carboxylic acid groups (broad SMARTS) is 1. The van der Waals surface area contributed by atoms with Gasteiger partial charge >= 0.3 is 18.0 Å². The Hall–Kier alpha value is -3.92. The van der Waals surface area contributed by atoms with Crippen LogP contribution in [-0.4, -0.2) is 70.1 Å². The topological polar surface area (TPSA) is 131 Å². The molecule has 0 radical (unpaired) electrons. The van der Waals surface area contributed by atoms with Crippen molar-refractivity contribution < 1.29 is 38.5 Å². The van der Waals surface area contributed by atoms with Gasteiger partial charge < -0.3 is 24.6 Å². The minimum absolute atomic E-state index is 0.000309. The number of benzene rings is 2. The van der Waals surface area contributed by atoms with Crippen LogP contribution in [0.4, 0.5) is 4.79 Å². The predicted molar refractivity (Wildman–Crippen MR) is 145 cm³/mol. The zero-order chi connectivity index (χ0) is 29.4. The molecule has 214 valence electrons. The molecule has 3 atom stereocenters. The first kappa shape index (κ1) is 29.1. The Labute approximate surface area is 233 Å². The lowest BCUT2D eigenvalue weighted by Crippen LogP contribution is -2.58. The minimum atomic E-state index is -1.44. The van der Waals surface area contributed by atoms with Gasteiger partial charge in [-0.1, -0.05) is 48.5 Å². The molecule has 0 unspecified atom stereocenters. The number of carbonyl (C=O) groups is 4. The Morgan fingerprint density at radius 3 is 2.10 bits per heavy atom. The number of aliphatic carboxylic acids is 1. The smallest absolute Gasteiger partial charge is 0.407 e. The van der Waals surface area contributed by atoms with E-state index in [4.69, 9.17) is 14.2 Å². The van der Waals surface area contributed by atoms with Gasteiger partial charge in [0.1, 0.15) is 24.0 Å². The number of hydrogen-bond acceptors (Lipinski definition) is 7. The van der Waals surface area contributed by atoms with Crippen LogP contribution in [0.1, 0.15) is 65.0 Å². The van der Waals surface area contributed by atoms with Crippen LogP contribution in [0.2, 0.25) is 0 Å². The van der Waals surface area contributed by atoms with Gasteiger partial charge in [0, 0.05) is 5.92 Å². The fourth-order valence-corrected chi connectivity index (χ4v) is 5.53. The highest BCUT2D eigenvalue weighted by Gasteiger charge is 2.53. The molecule has 1 aliphatic carbocycles. The first-order valence-corrected chi connectivity index (χ1v) is 13.3. The van der Waals surface area contributed by atoms with Gasteiger partial charge in [0.2, 0.25) is 5.91 Å². The molecule has 1 saturated heterocycles. The van der Waals surface area contributed by atoms with E-state index in [1.54, 1.807) is 41.5 Å². The largest absolute Gasteiger partial charge is 0.480 e. The van der Waals surface area contributed by atoms with Crippen LogP contribution in [0, 0.1) is 0 Å². The van der Waals surface area contributed by atoms with Crippen LogP contribution in [0.15, 0.2) is 48.5 Å². The van der Waals surface area contributed by atoms with Gasteiger partial charge in [0.25, 0.3) is 0 Å². The van der Waals surface area contributed by atoms with Gasteiger partial charge in [-0.3, -0.25) is 14.5 Å². The van der Waals surface area contributed by atoms with Crippen LogP contribution in [0.3, 0.4) is 0 Å². The Kier molecular flexibility index (Phi) is 7.94. The Morgan fingerprint density at radius 2 is 1.57 bits per heavy atom. The van der Waals surface area contributed by atoms with Gasteiger partial charge in [-0.25, -0.2) is 9.59 Å². The molecule has 2 amide bonds. The average Bonchev–Trinajstić information content (AvgIpc) is 3.30. The molecule has 2 aliphatic rings. The first-order valence-electron chi connectivity index (χ1n) is 13.3. The number of esters is 1. The molecule has 1 heterocycles. The van der Waals surface area contributed by atoms with Crippen LogP contribution in [0.25, 0.3) is 11.1 Å². The van der Waals surface area contributed by atoms with Crippen molar-refractivity contribution in [3.05, 3.63) is 59.7 Å². The predicted octanol–water partition coefficient (Wildman–Crippen LogP) is 4.06. The van der Waals surface area contributed by atoms with E-state index in [-0.39, 0.29) is 12.5 Å². The highest BCUT2D eigenvalue weighted by molar-refractivity contribution is 5.93. The van der Waals surface area contributed by atoms with Gasteiger partial charge in [0.05, 0.1) is 12.5 Å². The fraction of sp³-hybridized carbons (Fsp3) is 0.467. The third-order valence-corrected chi connectivity index (χ3v) is 6.99. The summed E-state index contributed by atoms with van der Waals surface area (Å²) in [5.41, 5.74) is 2.04. The van der Waals surface area contributed by atoms with Crippen molar-refractivity contribution >= 4 is 23.9 Å². The third kappa shape index (κ3) is 5.96. The second-order valence-electron chi connectivity index (χ2n) is 11.6. The molecule has 40 heavy (non-hydrogen) atoms. The van der Waals surface area contributed by atoms with Crippen LogP contribution >= 0.6 is 0 Å². The van der Waals surface area contributed by atoms with Crippen molar-refractivity contribution in [2.75, 3.05) is 6.61 Å². The van der Waals surface area contributed by atoms with Crippen molar-refractivity contribution in [3.8, 4) is 11.1 Å². The van der Waals surface area contributed by atoms with Crippen LogP contribution < -0.4 is 5.32 Å². The summed E-state index contributed by atoms with van der Waals surface area (Å²) >= 11 is 0. The second kappa shape index (κ2) is 10.9. The number of amides is 2. The Balaban J connectivity index is 1.54. The molecule has 2 N–H and O–H groups in total. The molecule has 1 fully saturated rings. The molecule has 10 nitrogen and oxygen atoms in total. The van der Waals surface area contributed by atoms with Gasteiger partial charge in [0.15, 0.2) is 6.04 Å². The SMILES string of the molecule is C[C@@H]1OC(C)(C)N(C(=O)[C@@H](CC(=O)OC(C)(C)C)NC(=O)OCC2c3ccccc3-c3ccccc32)[C@H]1C(=O)O. The monoisotopic (exact) mass is 552 g/mol. The molecule has 4 rings (SSSR count). The maximum absolute atomic E-state index is 13.8. The van der Waals surface area contributed by atoms with Crippen molar-refractivity contribution in [3.63, 3.8) is 0 Å². The van der Waals surface area contributed by atoms with Gasteiger partial charge in [-0.15, -0.1) is 0 Å². The Bertz CT molecular complexity index is 1270. The number of nitrogens with zero attached hydrogens (tertiary/aromatic N) is 1. The van der Waals surface area contributed by atoms with Crippen molar-refractivity contribution in [2.45, 2.75) is 83.4 Å². The summed E-state index contributed by atoms with van der Waals surface area (Å²) in [6, 6.07) is 13.0. The highest BCUT2D eigenvalue weighted by atomic mass is 16.6. The zero-order valence-corrected chi connectivity index (χ0v) is 23.6. The summed E-state index contributed by atoms with van der Waals surface area (Å²) in [6.45, 7) is 9.71. The quantitative estimate of drug-likeness (QED) is 0.492. The molecule has 2 aromatic carbocycles. The van der Waals surface area contributed by atoms with E-state index in [1.807, 2.05) is 48.5 Å². The van der Waals surface area contributed by atoms with E-state index >= 15 is 0 Å². The molecule has 0 bridgehead atoms. The second-order valence-corrected chi connectivity index (χ2v) is 11.6. The molecule has 0 spiro atoms. The van der Waals surface area contributed by atoms with E-state index in [9.17, 15) is 24.3 Å². The van der Waals surface area contributed by atoms with Crippen LogP contribution in [-0.2, 0) is 28.6 Å². The lowest BCUT2D eigenvalue weighted by Gasteiger charge is -2.35. The number of carboxylic acids is 1. The number of rotatable bonds is 7. The summed E-state index contributed by atoms with van der Waals surface area (Å²) in [7, 11) is 0. The lowest BCUT2D eigenvalue weighted by atomic mass is 9.98. The normalized spacial score (nSPS) is 20.3. The zero-order valence-electron chi connectivity index (χ0n) is 23.6. The number of alkyl carbamates (subject to hydrolysis) is 1. The highest BCUT2D eigenvalue weighted by Crippen LogP contribution is 2.44. The molecule has 0 saturated carbocycles. The summed E-state index contributed by atoms with van der Waals surface area (Å²) in [5.74, 6) is -2.99. The summed E-state index contributed by atoms with van der Waals surface area (Å²) in [6.07, 6.45) is -2.25. The van der Waals surface area contributed by atoms with Crippen molar-refractivity contribution in [2.24, 2.45) is 0 Å². The summed E-state index contributed by atoms with van der Waals surface area (Å²) in [4.78, 5) is 52.6. The molecule has 1 aliphatic heterocycles. The number of carbonyl (C=O) groups excluding carboxylic acids is 3. The third-order valence-electron chi connectivity index (χ3n) is 6.99. The number of hydrogen-bond donors (Lipinski definition) is 2. The van der Waals surface area contributed by atoms with E-state index in [1.165, 1.54) is 0 Å². The van der Waals surface area contributed by atoms with Crippen molar-refractivity contribution in [1.29, 1.82) is 0 Å². The summed E-state index contributed by atoms with van der Waals surface area (Å²) in [5, 5.41) is 12.3. The molecule has 10 heteroatoms. The standard InChI is InChI=1S/C30H36N2O8/c1-17-25(27(35)36)32(30(5,6)39-17)26(34)23(15-24(33)40-29(2,3)4)31-28(37)38-16-22-20-13-9-7-11-18(20)19-12-8-10-14-21(19)22/h7-14,17,22-23,25H,15-16H2,1-6H3,(H,31,37)(H,35,36)/t17-,23+,25+/m0/s1. The minimum Gasteiger partial charge on any atom is -0.480 e. The maximum atomic E-state index is 13.8. The molecular weight excluding hydrogens is 516 g/mol. The van der Waals surface area contributed by atoms with Crippen LogP contribution in [0.5, 0.6) is 0 Å². The van der Waals surface area contributed by atoms with Gasteiger partial charge in [-0.2, -0.15) is 0 Å². The number of nitrogens with one attached hydrogen (secondary N) is 1. The van der Waals surface area contributed by atoms with Crippen molar-refractivity contribution in [1.82, 2.24) is 10.2 Å². The van der Waals surface area contributed by atoms with Gasteiger partial charge in [-0.05, 0) is 63.8 Å². The fourth-order valence-electron chi connectivity index (χ4n) is 5.53. The average molecular weight is 553 g/mol. The van der Waals surface area contributed by atoms with E-state index in [0.29, 0.717) is 0 Å². The molecule has 0 aromatic heterocycles. The molecule has 2 aromatic rings. The number of ether oxygens (including phenoxy) is 3. The van der Waals surface area contributed by atoms with E-state index in [2.05, 4.69) is 5.32 Å². The first-order chi connectivity index (χ1) is 18.7. The number of fused-ring (bicyclic) bond motifs is 3.